The lowest BCUT2D eigenvalue weighted by molar-refractivity contribution is -0.116. The van der Waals surface area contributed by atoms with Gasteiger partial charge < -0.3 is 10.1 Å². The molecule has 0 saturated carbocycles. The number of aromatic nitrogens is 1. The third kappa shape index (κ3) is 4.51. The standard InChI is InChI=1S/C14H12BrClN2O2/c15-12-8-10(9-17-14(12)16)18-13(19)6-7-20-11-4-2-1-3-5-11/h1-5,8-9H,6-7H2,(H,18,19). The summed E-state index contributed by atoms with van der Waals surface area (Å²) in [7, 11) is 0. The molecule has 0 aliphatic rings. The lowest BCUT2D eigenvalue weighted by atomic mass is 10.3. The Hall–Kier alpha value is -1.59. The first-order valence-corrected chi connectivity index (χ1v) is 7.11. The second-order valence-corrected chi connectivity index (χ2v) is 5.17. The molecule has 1 amide bonds. The molecule has 0 aliphatic heterocycles. The molecule has 1 aromatic heterocycles. The van der Waals surface area contributed by atoms with Gasteiger partial charge in [-0.25, -0.2) is 4.98 Å². The van der Waals surface area contributed by atoms with Gasteiger partial charge in [-0.2, -0.15) is 0 Å². The van der Waals surface area contributed by atoms with Gasteiger partial charge in [0.1, 0.15) is 10.9 Å². The summed E-state index contributed by atoms with van der Waals surface area (Å²) in [6.07, 6.45) is 1.76. The summed E-state index contributed by atoms with van der Waals surface area (Å²) in [5.74, 6) is 0.605. The number of para-hydroxylation sites is 1. The van der Waals surface area contributed by atoms with Crippen LogP contribution in [0.1, 0.15) is 6.42 Å². The molecule has 0 unspecified atom stereocenters. The smallest absolute Gasteiger partial charge is 0.227 e. The topological polar surface area (TPSA) is 51.2 Å². The maximum Gasteiger partial charge on any atom is 0.227 e. The average molecular weight is 356 g/mol. The molecule has 104 valence electrons. The summed E-state index contributed by atoms with van der Waals surface area (Å²) in [5.41, 5.74) is 0.589. The van der Waals surface area contributed by atoms with Crippen molar-refractivity contribution < 1.29 is 9.53 Å². The van der Waals surface area contributed by atoms with Gasteiger partial charge in [0, 0.05) is 0 Å². The maximum absolute atomic E-state index is 11.7. The zero-order chi connectivity index (χ0) is 14.4. The molecule has 0 fully saturated rings. The largest absolute Gasteiger partial charge is 0.493 e. The van der Waals surface area contributed by atoms with E-state index in [1.54, 1.807) is 6.07 Å². The number of benzene rings is 1. The molecule has 1 aromatic carbocycles. The van der Waals surface area contributed by atoms with E-state index in [1.165, 1.54) is 6.20 Å². The van der Waals surface area contributed by atoms with Crippen molar-refractivity contribution in [1.29, 1.82) is 0 Å². The first-order chi connectivity index (χ1) is 9.65. The Morgan fingerprint density at radius 3 is 2.80 bits per heavy atom. The number of nitrogens with one attached hydrogen (secondary N) is 1. The SMILES string of the molecule is O=C(CCOc1ccccc1)Nc1cnc(Cl)c(Br)c1. The lowest BCUT2D eigenvalue weighted by Gasteiger charge is -2.07. The zero-order valence-corrected chi connectivity index (χ0v) is 12.8. The second kappa shape index (κ2) is 7.26. The molecule has 1 heterocycles. The first kappa shape index (κ1) is 14.8. The molecule has 20 heavy (non-hydrogen) atoms. The van der Waals surface area contributed by atoms with E-state index in [1.807, 2.05) is 30.3 Å². The van der Waals surface area contributed by atoms with Gasteiger partial charge in [-0.15, -0.1) is 0 Å². The summed E-state index contributed by atoms with van der Waals surface area (Å²) in [5, 5.41) is 3.08. The van der Waals surface area contributed by atoms with E-state index in [0.29, 0.717) is 21.9 Å². The van der Waals surface area contributed by atoms with Crippen LogP contribution in [0.4, 0.5) is 5.69 Å². The van der Waals surface area contributed by atoms with Crippen molar-refractivity contribution in [2.24, 2.45) is 0 Å². The second-order valence-electron chi connectivity index (χ2n) is 3.96. The number of rotatable bonds is 5. The predicted molar refractivity (Wildman–Crippen MR) is 82.1 cm³/mol. The van der Waals surface area contributed by atoms with Crippen molar-refractivity contribution in [2.75, 3.05) is 11.9 Å². The number of anilines is 1. The number of amides is 1. The summed E-state index contributed by atoms with van der Waals surface area (Å²) < 4.78 is 6.09. The Labute approximate surface area is 130 Å². The number of pyridine rings is 1. The fraction of sp³-hybridized carbons (Fsp3) is 0.143. The molecule has 1 N–H and O–H groups in total. The van der Waals surface area contributed by atoms with Crippen molar-refractivity contribution >= 4 is 39.1 Å². The van der Waals surface area contributed by atoms with Crippen molar-refractivity contribution in [2.45, 2.75) is 6.42 Å². The van der Waals surface area contributed by atoms with Crippen molar-refractivity contribution in [3.8, 4) is 5.75 Å². The predicted octanol–water partition coefficient (Wildman–Crippen LogP) is 3.91. The van der Waals surface area contributed by atoms with Crippen molar-refractivity contribution in [1.82, 2.24) is 4.98 Å². The van der Waals surface area contributed by atoms with Crippen LogP contribution in [0.3, 0.4) is 0 Å². The Balaban J connectivity index is 1.79. The average Bonchev–Trinajstić information content (AvgIpc) is 2.44. The van der Waals surface area contributed by atoms with Crippen molar-refractivity contribution in [3.05, 3.63) is 52.2 Å². The quantitative estimate of drug-likeness (QED) is 0.827. The Morgan fingerprint density at radius 2 is 2.10 bits per heavy atom. The highest BCUT2D eigenvalue weighted by atomic mass is 79.9. The van der Waals surface area contributed by atoms with Gasteiger partial charge in [-0.05, 0) is 34.1 Å². The van der Waals surface area contributed by atoms with Crippen LogP contribution in [0.15, 0.2) is 47.1 Å². The Morgan fingerprint density at radius 1 is 1.35 bits per heavy atom. The highest BCUT2D eigenvalue weighted by Crippen LogP contribution is 2.22. The van der Waals surface area contributed by atoms with Crippen molar-refractivity contribution in [3.63, 3.8) is 0 Å². The number of carbonyl (C=O) groups is 1. The maximum atomic E-state index is 11.7. The molecule has 2 rings (SSSR count). The molecule has 4 nitrogen and oxygen atoms in total. The Bertz CT molecular complexity index is 593. The van der Waals surface area contributed by atoms with E-state index >= 15 is 0 Å². The van der Waals surface area contributed by atoms with Gasteiger partial charge in [-0.1, -0.05) is 29.8 Å². The molecular weight excluding hydrogens is 344 g/mol. The van der Waals surface area contributed by atoms with Gasteiger partial charge in [0.05, 0.1) is 29.4 Å². The van der Waals surface area contributed by atoms with E-state index in [4.69, 9.17) is 16.3 Å². The molecule has 0 atom stereocenters. The first-order valence-electron chi connectivity index (χ1n) is 5.94. The van der Waals surface area contributed by atoms with Gasteiger partial charge >= 0.3 is 0 Å². The van der Waals surface area contributed by atoms with Crippen LogP contribution in [-0.4, -0.2) is 17.5 Å². The number of hydrogen-bond donors (Lipinski definition) is 1. The molecule has 2 aromatic rings. The van der Waals surface area contributed by atoms with Crippen LogP contribution in [0.5, 0.6) is 5.75 Å². The third-order valence-electron chi connectivity index (χ3n) is 2.42. The minimum Gasteiger partial charge on any atom is -0.493 e. The van der Waals surface area contributed by atoms with E-state index in [0.717, 1.165) is 5.75 Å². The summed E-state index contributed by atoms with van der Waals surface area (Å²) in [4.78, 5) is 15.7. The van der Waals surface area contributed by atoms with Crippen LogP contribution < -0.4 is 10.1 Å². The number of ether oxygens (including phenoxy) is 1. The lowest BCUT2D eigenvalue weighted by Crippen LogP contribution is -2.15. The number of halogens is 2. The summed E-state index contributed by atoms with van der Waals surface area (Å²) in [6.45, 7) is 0.317. The van der Waals surface area contributed by atoms with E-state index in [9.17, 15) is 4.79 Å². The normalized spacial score (nSPS) is 10.1. The van der Waals surface area contributed by atoms with Gasteiger partial charge in [0.2, 0.25) is 5.91 Å². The van der Waals surface area contributed by atoms with Crippen LogP contribution in [-0.2, 0) is 4.79 Å². The Kier molecular flexibility index (Phi) is 5.38. The van der Waals surface area contributed by atoms with Crippen LogP contribution in [0, 0.1) is 0 Å². The molecular formula is C14H12BrClN2O2. The van der Waals surface area contributed by atoms with Gasteiger partial charge in [0.25, 0.3) is 0 Å². The third-order valence-corrected chi connectivity index (χ3v) is 3.56. The highest BCUT2D eigenvalue weighted by Gasteiger charge is 2.05. The van der Waals surface area contributed by atoms with E-state index in [2.05, 4.69) is 26.2 Å². The monoisotopic (exact) mass is 354 g/mol. The van der Waals surface area contributed by atoms with Crippen LogP contribution >= 0.6 is 27.5 Å². The fourth-order valence-electron chi connectivity index (χ4n) is 1.49. The van der Waals surface area contributed by atoms with Crippen LogP contribution in [0.2, 0.25) is 5.15 Å². The molecule has 0 radical (unpaired) electrons. The summed E-state index contributed by atoms with van der Waals surface area (Å²) in [6, 6.07) is 11.1. The minimum absolute atomic E-state index is 0.142. The van der Waals surface area contributed by atoms with Gasteiger partial charge in [0.15, 0.2) is 0 Å². The minimum atomic E-state index is -0.142. The number of carbonyl (C=O) groups excluding carboxylic acids is 1. The fourth-order valence-corrected chi connectivity index (χ4v) is 1.94. The molecule has 0 spiro atoms. The number of hydrogen-bond acceptors (Lipinski definition) is 3. The van der Waals surface area contributed by atoms with E-state index in [-0.39, 0.29) is 12.3 Å². The number of nitrogens with zero attached hydrogens (tertiary/aromatic N) is 1. The molecule has 0 aliphatic carbocycles. The zero-order valence-electron chi connectivity index (χ0n) is 10.5. The van der Waals surface area contributed by atoms with Gasteiger partial charge in [-0.3, -0.25) is 4.79 Å². The molecule has 6 heteroatoms. The van der Waals surface area contributed by atoms with Crippen LogP contribution in [0.25, 0.3) is 0 Å². The highest BCUT2D eigenvalue weighted by molar-refractivity contribution is 9.10. The molecule has 0 saturated heterocycles. The molecule has 0 bridgehead atoms. The van der Waals surface area contributed by atoms with E-state index < -0.39 is 0 Å². The summed E-state index contributed by atoms with van der Waals surface area (Å²) >= 11 is 9.03.